The van der Waals surface area contributed by atoms with E-state index >= 15 is 0 Å². The van der Waals surface area contributed by atoms with E-state index in [2.05, 4.69) is 21.0 Å². The average Bonchev–Trinajstić information content (AvgIpc) is 3.01. The minimum Gasteiger partial charge on any atom is -0.484 e. The van der Waals surface area contributed by atoms with Gasteiger partial charge in [-0.05, 0) is 37.6 Å². The van der Waals surface area contributed by atoms with Crippen LogP contribution in [0.25, 0.3) is 0 Å². The van der Waals surface area contributed by atoms with Crippen LogP contribution in [0.3, 0.4) is 0 Å². The summed E-state index contributed by atoms with van der Waals surface area (Å²) in [7, 11) is 0. The van der Waals surface area contributed by atoms with Crippen molar-refractivity contribution in [2.75, 3.05) is 11.9 Å². The Morgan fingerprint density at radius 3 is 2.85 bits per heavy atom. The number of carbonyl (C=O) groups is 2. The van der Waals surface area contributed by atoms with E-state index in [9.17, 15) is 14.0 Å². The summed E-state index contributed by atoms with van der Waals surface area (Å²) in [5.74, 6) is -0.0121. The highest BCUT2D eigenvalue weighted by molar-refractivity contribution is 5.91. The lowest BCUT2D eigenvalue weighted by molar-refractivity contribution is -0.125. The summed E-state index contributed by atoms with van der Waals surface area (Å²) in [5, 5.41) is 13.2. The van der Waals surface area contributed by atoms with E-state index in [-0.39, 0.29) is 24.4 Å². The fourth-order valence-corrected chi connectivity index (χ4v) is 2.82. The average molecular weight is 375 g/mol. The molecule has 8 nitrogen and oxygen atoms in total. The lowest BCUT2D eigenvalue weighted by atomic mass is 10.1. The summed E-state index contributed by atoms with van der Waals surface area (Å²) in [4.78, 5) is 24.1. The second-order valence-corrected chi connectivity index (χ2v) is 6.35. The molecular formula is C18H22FN5O3. The van der Waals surface area contributed by atoms with Crippen LogP contribution in [0.4, 0.5) is 10.2 Å². The smallest absolute Gasteiger partial charge is 0.263 e. The van der Waals surface area contributed by atoms with Crippen LogP contribution in [0.2, 0.25) is 0 Å². The Bertz CT molecular complexity index is 821. The third kappa shape index (κ3) is 4.82. The first-order valence-corrected chi connectivity index (χ1v) is 8.74. The van der Waals surface area contributed by atoms with Crippen molar-refractivity contribution in [2.24, 2.45) is 0 Å². The van der Waals surface area contributed by atoms with Crippen molar-refractivity contribution in [2.45, 2.75) is 39.0 Å². The summed E-state index contributed by atoms with van der Waals surface area (Å²) in [6.07, 6.45) is 0.663. The highest BCUT2D eigenvalue weighted by Crippen LogP contribution is 2.18. The van der Waals surface area contributed by atoms with Crippen molar-refractivity contribution in [1.82, 2.24) is 20.4 Å². The van der Waals surface area contributed by atoms with E-state index in [4.69, 9.17) is 4.74 Å². The lowest BCUT2D eigenvalue weighted by Crippen LogP contribution is -2.53. The summed E-state index contributed by atoms with van der Waals surface area (Å²) < 4.78 is 19.8. The minimum atomic E-state index is -0.543. The monoisotopic (exact) mass is 375 g/mol. The molecule has 9 heteroatoms. The predicted molar refractivity (Wildman–Crippen MR) is 96.5 cm³/mol. The molecule has 144 valence electrons. The van der Waals surface area contributed by atoms with E-state index in [1.807, 2.05) is 6.92 Å². The maximum atomic E-state index is 12.9. The van der Waals surface area contributed by atoms with Crippen LogP contribution in [-0.4, -0.2) is 34.2 Å². The van der Waals surface area contributed by atoms with Crippen LogP contribution in [0.15, 0.2) is 30.3 Å². The first-order chi connectivity index (χ1) is 12.9. The molecule has 1 fully saturated rings. The van der Waals surface area contributed by atoms with Gasteiger partial charge in [0.05, 0.1) is 5.69 Å². The van der Waals surface area contributed by atoms with Crippen LogP contribution in [0.1, 0.15) is 31.7 Å². The zero-order valence-electron chi connectivity index (χ0n) is 15.2. The molecule has 2 unspecified atom stereocenters. The predicted octanol–water partition coefficient (Wildman–Crippen LogP) is 1.69. The van der Waals surface area contributed by atoms with Crippen molar-refractivity contribution in [1.29, 1.82) is 0 Å². The molecule has 0 aliphatic carbocycles. The number of ether oxygens (including phenoxy) is 1. The van der Waals surface area contributed by atoms with Gasteiger partial charge in [0.15, 0.2) is 12.9 Å². The molecule has 3 rings (SSSR count). The van der Waals surface area contributed by atoms with Gasteiger partial charge >= 0.3 is 0 Å². The largest absolute Gasteiger partial charge is 0.484 e. The van der Waals surface area contributed by atoms with Crippen LogP contribution in [0, 0.1) is 12.7 Å². The van der Waals surface area contributed by atoms with Gasteiger partial charge in [0.25, 0.3) is 5.91 Å². The molecule has 0 spiro atoms. The highest BCUT2D eigenvalue weighted by Gasteiger charge is 2.28. The van der Waals surface area contributed by atoms with Gasteiger partial charge < -0.3 is 15.4 Å². The molecule has 0 radical (unpaired) electrons. The van der Waals surface area contributed by atoms with E-state index in [0.29, 0.717) is 23.7 Å². The van der Waals surface area contributed by atoms with Gasteiger partial charge in [0.2, 0.25) is 5.91 Å². The lowest BCUT2D eigenvalue weighted by Gasteiger charge is -2.31. The summed E-state index contributed by atoms with van der Waals surface area (Å²) in [5.41, 5.74) is 0.694. The molecule has 2 amide bonds. The van der Waals surface area contributed by atoms with Crippen LogP contribution < -0.4 is 20.7 Å². The SMILES string of the molecule is CCC1CC(=O)NC(n2nc(C)cc2NC(=O)COc2ccc(F)cc2)N1. The number of anilines is 1. The number of hydrogen-bond acceptors (Lipinski definition) is 5. The van der Waals surface area contributed by atoms with Gasteiger partial charge in [-0.25, -0.2) is 9.07 Å². The van der Waals surface area contributed by atoms with Crippen LogP contribution in [-0.2, 0) is 9.59 Å². The second-order valence-electron chi connectivity index (χ2n) is 6.35. The van der Waals surface area contributed by atoms with Gasteiger partial charge in [0.1, 0.15) is 17.4 Å². The Morgan fingerprint density at radius 1 is 1.41 bits per heavy atom. The standard InChI is InChI=1S/C18H22FN5O3/c1-3-13-9-16(25)22-18(20-13)24-15(8-11(2)23-24)21-17(26)10-27-14-6-4-12(19)5-7-14/h4-8,13,18,20H,3,9-10H2,1-2H3,(H,21,26)(H,22,25). The fraction of sp³-hybridized carbons (Fsp3) is 0.389. The number of nitrogens with one attached hydrogen (secondary N) is 3. The topological polar surface area (TPSA) is 97.3 Å². The zero-order chi connectivity index (χ0) is 19.4. The molecular weight excluding hydrogens is 353 g/mol. The molecule has 1 aromatic carbocycles. The molecule has 2 heterocycles. The zero-order valence-corrected chi connectivity index (χ0v) is 15.2. The molecule has 1 aromatic heterocycles. The minimum absolute atomic E-state index is 0.0404. The Hall–Kier alpha value is -2.94. The molecule has 27 heavy (non-hydrogen) atoms. The van der Waals surface area contributed by atoms with E-state index < -0.39 is 12.2 Å². The van der Waals surface area contributed by atoms with Crippen molar-refractivity contribution in [3.8, 4) is 5.75 Å². The number of aromatic nitrogens is 2. The Morgan fingerprint density at radius 2 is 2.15 bits per heavy atom. The van der Waals surface area contributed by atoms with Crippen LogP contribution >= 0.6 is 0 Å². The molecule has 1 saturated heterocycles. The van der Waals surface area contributed by atoms with Gasteiger partial charge in [-0.1, -0.05) is 6.92 Å². The van der Waals surface area contributed by atoms with E-state index in [1.54, 1.807) is 13.0 Å². The summed E-state index contributed by atoms with van der Waals surface area (Å²) in [6.45, 7) is 3.55. The molecule has 0 saturated carbocycles. The molecule has 2 atom stereocenters. The van der Waals surface area contributed by atoms with E-state index in [1.165, 1.54) is 28.9 Å². The number of nitrogens with zero attached hydrogens (tertiary/aromatic N) is 2. The first-order valence-electron chi connectivity index (χ1n) is 8.74. The summed E-state index contributed by atoms with van der Waals surface area (Å²) >= 11 is 0. The van der Waals surface area contributed by atoms with Gasteiger partial charge in [-0.3, -0.25) is 14.9 Å². The van der Waals surface area contributed by atoms with Gasteiger partial charge in [-0.15, -0.1) is 0 Å². The van der Waals surface area contributed by atoms with Crippen molar-refractivity contribution in [3.05, 3.63) is 41.8 Å². The highest BCUT2D eigenvalue weighted by atomic mass is 19.1. The third-order valence-electron chi connectivity index (χ3n) is 4.17. The van der Waals surface area contributed by atoms with E-state index in [0.717, 1.165) is 6.42 Å². The van der Waals surface area contributed by atoms with Crippen molar-refractivity contribution < 1.29 is 18.7 Å². The number of aryl methyl sites for hydroxylation is 1. The number of carbonyl (C=O) groups excluding carboxylic acids is 2. The first kappa shape index (κ1) is 18.8. The summed E-state index contributed by atoms with van der Waals surface area (Å²) in [6, 6.07) is 7.16. The number of hydrogen-bond donors (Lipinski definition) is 3. The molecule has 0 bridgehead atoms. The number of benzene rings is 1. The normalized spacial score (nSPS) is 19.4. The molecule has 1 aliphatic rings. The Balaban J connectivity index is 1.65. The Labute approximate surface area is 156 Å². The van der Waals surface area contributed by atoms with Gasteiger partial charge in [0, 0.05) is 18.5 Å². The van der Waals surface area contributed by atoms with Crippen LogP contribution in [0.5, 0.6) is 5.75 Å². The van der Waals surface area contributed by atoms with Gasteiger partial charge in [-0.2, -0.15) is 5.10 Å². The third-order valence-corrected chi connectivity index (χ3v) is 4.17. The number of halogens is 1. The Kier molecular flexibility index (Phi) is 5.70. The van der Waals surface area contributed by atoms with Crippen molar-refractivity contribution in [3.63, 3.8) is 0 Å². The maximum absolute atomic E-state index is 12.9. The fourth-order valence-electron chi connectivity index (χ4n) is 2.82. The molecule has 2 aromatic rings. The maximum Gasteiger partial charge on any atom is 0.263 e. The molecule has 3 N–H and O–H groups in total. The quantitative estimate of drug-likeness (QED) is 0.714. The van der Waals surface area contributed by atoms with Crippen molar-refractivity contribution >= 4 is 17.6 Å². The molecule has 1 aliphatic heterocycles. The second kappa shape index (κ2) is 8.17. The number of amides is 2. The number of rotatable bonds is 6.